The van der Waals surface area contributed by atoms with Crippen molar-refractivity contribution in [3.8, 4) is 5.75 Å². The monoisotopic (exact) mass is 416 g/mol. The molecule has 0 saturated carbocycles. The molecule has 9 heteroatoms. The van der Waals surface area contributed by atoms with E-state index in [1.54, 1.807) is 36.4 Å². The number of hydrogen-bond donors (Lipinski definition) is 1. The molecule has 0 aromatic heterocycles. The maximum atomic E-state index is 13.0. The normalized spacial score (nSPS) is 14.5. The summed E-state index contributed by atoms with van der Waals surface area (Å²) in [7, 11) is -1.98. The number of rotatable bonds is 7. The number of para-hydroxylation sites is 2. The number of fused-ring (bicyclic) bond motifs is 1. The number of methoxy groups -OCH3 is 1. The molecule has 0 spiro atoms. The highest BCUT2D eigenvalue weighted by Gasteiger charge is 2.42. The van der Waals surface area contributed by atoms with Crippen LogP contribution in [0.3, 0.4) is 0 Å². The van der Waals surface area contributed by atoms with Gasteiger partial charge in [-0.3, -0.25) is 19.3 Å². The van der Waals surface area contributed by atoms with Crippen LogP contribution in [0.15, 0.2) is 48.5 Å². The zero-order chi connectivity index (χ0) is 21.2. The molecular formula is C20H20N2O6S. The molecule has 8 nitrogen and oxygen atoms in total. The van der Waals surface area contributed by atoms with E-state index in [0.29, 0.717) is 11.4 Å². The largest absolute Gasteiger partial charge is 0.495 e. The number of anilines is 1. The van der Waals surface area contributed by atoms with E-state index < -0.39 is 33.6 Å². The molecule has 3 rings (SSSR count). The van der Waals surface area contributed by atoms with E-state index in [4.69, 9.17) is 4.74 Å². The third kappa shape index (κ3) is 4.29. The van der Waals surface area contributed by atoms with Gasteiger partial charge < -0.3 is 10.1 Å². The van der Waals surface area contributed by atoms with E-state index in [1.165, 1.54) is 19.2 Å². The second-order valence-corrected chi connectivity index (χ2v) is 8.91. The second-order valence-electron chi connectivity index (χ2n) is 6.65. The first-order chi connectivity index (χ1) is 13.7. The standard InChI is InChI=1S/C20H20N2O6S/c1-28-17-10-6-5-9-15(17)21-18(23)16(11-12-29(2,26)27)22-19(24)13-7-3-4-8-14(13)20(22)25/h3-10,16H,11-12H2,1-2H3,(H,21,23)/t16-/m0/s1. The minimum absolute atomic E-state index is 0.187. The van der Waals surface area contributed by atoms with Gasteiger partial charge in [-0.2, -0.15) is 0 Å². The summed E-state index contributed by atoms with van der Waals surface area (Å²) < 4.78 is 28.5. The third-order valence-corrected chi connectivity index (χ3v) is 5.54. The van der Waals surface area contributed by atoms with Crippen LogP contribution in [0.4, 0.5) is 5.69 Å². The van der Waals surface area contributed by atoms with Gasteiger partial charge in [0.1, 0.15) is 21.6 Å². The highest BCUT2D eigenvalue weighted by molar-refractivity contribution is 7.90. The molecule has 0 bridgehead atoms. The molecular weight excluding hydrogens is 396 g/mol. The number of benzene rings is 2. The van der Waals surface area contributed by atoms with Crippen molar-refractivity contribution in [3.05, 3.63) is 59.7 Å². The lowest BCUT2D eigenvalue weighted by Crippen LogP contribution is -2.48. The Balaban J connectivity index is 1.94. The van der Waals surface area contributed by atoms with Gasteiger partial charge in [-0.1, -0.05) is 24.3 Å². The molecule has 2 aromatic rings. The van der Waals surface area contributed by atoms with Crippen LogP contribution >= 0.6 is 0 Å². The van der Waals surface area contributed by atoms with Crippen LogP contribution in [-0.4, -0.2) is 56.2 Å². The third-order valence-electron chi connectivity index (χ3n) is 4.57. The molecule has 1 aliphatic rings. The lowest BCUT2D eigenvalue weighted by Gasteiger charge is -2.25. The van der Waals surface area contributed by atoms with Gasteiger partial charge in [0, 0.05) is 6.26 Å². The number of nitrogens with one attached hydrogen (secondary N) is 1. The zero-order valence-electron chi connectivity index (χ0n) is 15.9. The minimum Gasteiger partial charge on any atom is -0.495 e. The number of ether oxygens (including phenoxy) is 1. The van der Waals surface area contributed by atoms with Crippen LogP contribution in [0.1, 0.15) is 27.1 Å². The van der Waals surface area contributed by atoms with Gasteiger partial charge in [-0.25, -0.2) is 8.42 Å². The molecule has 0 unspecified atom stereocenters. The number of hydrogen-bond acceptors (Lipinski definition) is 6. The maximum absolute atomic E-state index is 13.0. The van der Waals surface area contributed by atoms with Crippen molar-refractivity contribution >= 4 is 33.2 Å². The number of carbonyl (C=O) groups is 3. The van der Waals surface area contributed by atoms with Crippen LogP contribution in [0.5, 0.6) is 5.75 Å². The van der Waals surface area contributed by atoms with Gasteiger partial charge in [-0.05, 0) is 30.7 Å². The summed E-state index contributed by atoms with van der Waals surface area (Å²) in [5.74, 6) is -1.89. The summed E-state index contributed by atoms with van der Waals surface area (Å²) >= 11 is 0. The Kier molecular flexibility index (Phi) is 5.69. The van der Waals surface area contributed by atoms with Gasteiger partial charge in [0.25, 0.3) is 11.8 Å². The van der Waals surface area contributed by atoms with E-state index in [2.05, 4.69) is 5.32 Å². The first-order valence-corrected chi connectivity index (χ1v) is 10.9. The first kappa shape index (κ1) is 20.5. The molecule has 0 fully saturated rings. The fourth-order valence-corrected chi connectivity index (χ4v) is 3.81. The van der Waals surface area contributed by atoms with Crippen molar-refractivity contribution < 1.29 is 27.5 Å². The maximum Gasteiger partial charge on any atom is 0.262 e. The zero-order valence-corrected chi connectivity index (χ0v) is 16.7. The molecule has 3 amide bonds. The first-order valence-electron chi connectivity index (χ1n) is 8.81. The quantitative estimate of drug-likeness (QED) is 0.689. The average molecular weight is 416 g/mol. The summed E-state index contributed by atoms with van der Waals surface area (Å²) in [4.78, 5) is 39.5. The highest BCUT2D eigenvalue weighted by Crippen LogP contribution is 2.28. The van der Waals surface area contributed by atoms with Crippen molar-refractivity contribution in [1.82, 2.24) is 4.90 Å². The summed E-state index contributed by atoms with van der Waals surface area (Å²) in [6.07, 6.45) is 0.815. The topological polar surface area (TPSA) is 110 Å². The van der Waals surface area contributed by atoms with Crippen molar-refractivity contribution in [1.29, 1.82) is 0 Å². The van der Waals surface area contributed by atoms with E-state index in [-0.39, 0.29) is 23.3 Å². The molecule has 2 aromatic carbocycles. The average Bonchev–Trinajstić information content (AvgIpc) is 2.93. The molecule has 0 radical (unpaired) electrons. The Bertz CT molecular complexity index is 1040. The van der Waals surface area contributed by atoms with E-state index in [0.717, 1.165) is 11.2 Å². The Labute approximate surface area is 168 Å². The lowest BCUT2D eigenvalue weighted by molar-refractivity contribution is -0.120. The summed E-state index contributed by atoms with van der Waals surface area (Å²) in [6.45, 7) is 0. The molecule has 0 aliphatic carbocycles. The number of carbonyl (C=O) groups excluding carboxylic acids is 3. The molecule has 1 N–H and O–H groups in total. The lowest BCUT2D eigenvalue weighted by atomic mass is 10.1. The van der Waals surface area contributed by atoms with Crippen molar-refractivity contribution in [2.24, 2.45) is 0 Å². The molecule has 1 heterocycles. The van der Waals surface area contributed by atoms with Crippen LogP contribution < -0.4 is 10.1 Å². The van der Waals surface area contributed by atoms with Gasteiger partial charge in [0.2, 0.25) is 5.91 Å². The van der Waals surface area contributed by atoms with Crippen LogP contribution in [0.25, 0.3) is 0 Å². The number of nitrogens with zero attached hydrogens (tertiary/aromatic N) is 1. The summed E-state index contributed by atoms with van der Waals surface area (Å²) in [5, 5.41) is 2.64. The molecule has 1 aliphatic heterocycles. The molecule has 152 valence electrons. The molecule has 0 saturated heterocycles. The molecule has 1 atom stereocenters. The summed E-state index contributed by atoms with van der Waals surface area (Å²) in [5.41, 5.74) is 0.722. The highest BCUT2D eigenvalue weighted by atomic mass is 32.2. The Morgan fingerprint density at radius 2 is 1.59 bits per heavy atom. The minimum atomic E-state index is -3.42. The van der Waals surface area contributed by atoms with Gasteiger partial charge >= 0.3 is 0 Å². The fourth-order valence-electron chi connectivity index (χ4n) is 3.16. The van der Waals surface area contributed by atoms with Crippen LogP contribution in [0.2, 0.25) is 0 Å². The van der Waals surface area contributed by atoms with Gasteiger partial charge in [0.15, 0.2) is 0 Å². The van der Waals surface area contributed by atoms with Crippen LogP contribution in [0, 0.1) is 0 Å². The Morgan fingerprint density at radius 3 is 2.14 bits per heavy atom. The van der Waals surface area contributed by atoms with Crippen molar-refractivity contribution in [3.63, 3.8) is 0 Å². The predicted octanol–water partition coefficient (Wildman–Crippen LogP) is 1.73. The van der Waals surface area contributed by atoms with E-state index >= 15 is 0 Å². The number of sulfone groups is 1. The van der Waals surface area contributed by atoms with E-state index in [9.17, 15) is 22.8 Å². The molecule has 29 heavy (non-hydrogen) atoms. The van der Waals surface area contributed by atoms with Gasteiger partial charge in [-0.15, -0.1) is 0 Å². The van der Waals surface area contributed by atoms with Crippen molar-refractivity contribution in [2.45, 2.75) is 12.5 Å². The summed E-state index contributed by atoms with van der Waals surface area (Å²) in [6, 6.07) is 11.6. The van der Waals surface area contributed by atoms with Gasteiger partial charge in [0.05, 0.1) is 29.7 Å². The smallest absolute Gasteiger partial charge is 0.262 e. The Morgan fingerprint density at radius 1 is 1.03 bits per heavy atom. The van der Waals surface area contributed by atoms with Crippen LogP contribution in [-0.2, 0) is 14.6 Å². The SMILES string of the molecule is COc1ccccc1NC(=O)[C@H](CCS(C)(=O)=O)N1C(=O)c2ccccc2C1=O. The second kappa shape index (κ2) is 8.04. The van der Waals surface area contributed by atoms with E-state index in [1.807, 2.05) is 0 Å². The Hall–Kier alpha value is -3.20. The number of imide groups is 1. The van der Waals surface area contributed by atoms with Crippen molar-refractivity contribution in [2.75, 3.05) is 24.4 Å². The fraction of sp³-hybridized carbons (Fsp3) is 0.250. The predicted molar refractivity (Wildman–Crippen MR) is 107 cm³/mol. The number of amides is 3.